The summed E-state index contributed by atoms with van der Waals surface area (Å²) in [7, 11) is 1.19. The Bertz CT molecular complexity index is 127. The Morgan fingerprint density at radius 2 is 1.64 bits per heavy atom. The molecule has 2 nitrogen and oxygen atoms in total. The molecule has 3 heteroatoms. The van der Waals surface area contributed by atoms with Crippen LogP contribution in [0.5, 0.6) is 0 Å². The fraction of sp³-hybridized carbons (Fsp3) is 0.625. The summed E-state index contributed by atoms with van der Waals surface area (Å²) in [6.07, 6.45) is 0. The van der Waals surface area contributed by atoms with Crippen molar-refractivity contribution >= 4 is 14.8 Å². The van der Waals surface area contributed by atoms with Gasteiger partial charge in [-0.05, 0) is 6.92 Å². The van der Waals surface area contributed by atoms with Gasteiger partial charge < -0.3 is 4.74 Å². The first-order valence-electron chi connectivity index (χ1n) is 3.65. The summed E-state index contributed by atoms with van der Waals surface area (Å²) in [5.74, 6) is -0.347. The van der Waals surface area contributed by atoms with Gasteiger partial charge in [-0.3, -0.25) is 0 Å². The lowest BCUT2D eigenvalue weighted by Gasteiger charge is -1.91. The van der Waals surface area contributed by atoms with Gasteiger partial charge in [0.15, 0.2) is 0 Å². The number of methoxy groups -OCH3 is 1. The molecule has 0 aromatic heterocycles. The third kappa shape index (κ3) is 17.7. The average Bonchev–Trinajstić information content (AvgIpc) is 1.85. The first-order valence-corrected chi connectivity index (χ1v) is 7.12. The maximum atomic E-state index is 10.2. The van der Waals surface area contributed by atoms with Crippen LogP contribution in [0.15, 0.2) is 12.2 Å². The van der Waals surface area contributed by atoms with Gasteiger partial charge in [-0.1, -0.05) is 26.2 Å². The zero-order valence-corrected chi connectivity index (χ0v) is 9.26. The Labute approximate surface area is 70.9 Å². The molecule has 0 saturated heterocycles. The lowest BCUT2D eigenvalue weighted by molar-refractivity contribution is -0.136. The number of carbonyl (C=O) groups is 1. The molecule has 66 valence electrons. The van der Waals surface area contributed by atoms with Crippen LogP contribution in [0.25, 0.3) is 0 Å². The largest absolute Gasteiger partial charge is 0.466 e. The van der Waals surface area contributed by atoms with Crippen LogP contribution >= 0.6 is 0 Å². The number of esters is 1. The molecular weight excluding hydrogens is 156 g/mol. The zero-order chi connectivity index (χ0) is 9.44. The minimum Gasteiger partial charge on any atom is -0.466 e. The molecule has 0 fully saturated rings. The Morgan fingerprint density at radius 1 is 1.36 bits per heavy atom. The Kier molecular flexibility index (Phi) is 8.94. The van der Waals surface area contributed by atoms with Gasteiger partial charge >= 0.3 is 5.97 Å². The lowest BCUT2D eigenvalue weighted by atomic mass is 10.4. The second-order valence-corrected chi connectivity index (χ2v) is 6.47. The van der Waals surface area contributed by atoms with E-state index >= 15 is 0 Å². The van der Waals surface area contributed by atoms with Gasteiger partial charge in [0, 0.05) is 14.4 Å². The molecule has 0 aliphatic heterocycles. The van der Waals surface area contributed by atoms with Crippen LogP contribution < -0.4 is 0 Å². The van der Waals surface area contributed by atoms with Gasteiger partial charge in [0.25, 0.3) is 0 Å². The quantitative estimate of drug-likeness (QED) is 0.344. The summed E-state index contributed by atoms with van der Waals surface area (Å²) in [5, 5.41) is 0. The van der Waals surface area contributed by atoms with Gasteiger partial charge in [0.1, 0.15) is 0 Å². The molecule has 0 heterocycles. The highest BCUT2D eigenvalue weighted by atomic mass is 28.3. The van der Waals surface area contributed by atoms with Crippen LogP contribution in [0, 0.1) is 0 Å². The Morgan fingerprint density at radius 3 is 1.64 bits per heavy atom. The minimum absolute atomic E-state index is 0.139. The van der Waals surface area contributed by atoms with Crippen LogP contribution in [-0.2, 0) is 9.53 Å². The van der Waals surface area contributed by atoms with E-state index in [1.165, 1.54) is 7.11 Å². The fourth-order valence-corrected chi connectivity index (χ4v) is 0.174. The average molecular weight is 174 g/mol. The van der Waals surface area contributed by atoms with E-state index in [1.807, 2.05) is 0 Å². The molecule has 0 N–H and O–H groups in total. The molecule has 0 spiro atoms. The Balaban J connectivity index is 0. The van der Waals surface area contributed by atoms with Crippen molar-refractivity contribution in [3.63, 3.8) is 0 Å². The van der Waals surface area contributed by atoms with Crippen LogP contribution in [0.4, 0.5) is 0 Å². The topological polar surface area (TPSA) is 26.3 Å². The zero-order valence-electron chi connectivity index (χ0n) is 8.10. The monoisotopic (exact) mass is 174 g/mol. The maximum absolute atomic E-state index is 10.2. The molecule has 0 bridgehead atoms. The number of hydrogen-bond donors (Lipinski definition) is 0. The van der Waals surface area contributed by atoms with Crippen molar-refractivity contribution < 1.29 is 9.53 Å². The molecular formula is C8H18O2Si. The van der Waals surface area contributed by atoms with Crippen molar-refractivity contribution in [2.45, 2.75) is 26.6 Å². The number of hydrogen-bond acceptors (Lipinski definition) is 2. The predicted molar refractivity (Wildman–Crippen MR) is 51.6 cm³/mol. The molecule has 0 aliphatic carbocycles. The summed E-state index contributed by atoms with van der Waals surface area (Å²) in [4.78, 5) is 10.2. The van der Waals surface area contributed by atoms with E-state index in [9.17, 15) is 4.79 Å². The molecule has 0 saturated carbocycles. The van der Waals surface area contributed by atoms with Gasteiger partial charge in [0.2, 0.25) is 0 Å². The van der Waals surface area contributed by atoms with E-state index in [2.05, 4.69) is 31.0 Å². The summed E-state index contributed by atoms with van der Waals surface area (Å²) in [6.45, 7) is 11.9. The second-order valence-electron chi connectivity index (χ2n) is 3.00. The number of rotatable bonds is 1. The van der Waals surface area contributed by atoms with Crippen LogP contribution in [0.1, 0.15) is 6.92 Å². The first kappa shape index (κ1) is 13.0. The van der Waals surface area contributed by atoms with Crippen molar-refractivity contribution in [1.82, 2.24) is 0 Å². The highest BCUT2D eigenvalue weighted by Crippen LogP contribution is 1.87. The van der Waals surface area contributed by atoms with Crippen LogP contribution in [0.2, 0.25) is 19.6 Å². The third-order valence-electron chi connectivity index (χ3n) is 0.534. The van der Waals surface area contributed by atoms with Gasteiger partial charge in [-0.2, -0.15) is 0 Å². The molecule has 0 aliphatic rings. The molecule has 0 rings (SSSR count). The van der Waals surface area contributed by atoms with Crippen LogP contribution in [-0.4, -0.2) is 21.9 Å². The predicted octanol–water partition coefficient (Wildman–Crippen LogP) is 1.84. The highest BCUT2D eigenvalue weighted by molar-refractivity contribution is 6.54. The number of carbonyl (C=O) groups excluding carboxylic acids is 1. The van der Waals surface area contributed by atoms with E-state index in [0.717, 1.165) is 0 Å². The normalized spacial score (nSPS) is 8.18. The SMILES string of the molecule is C=C(C)C(=O)OC.C[SiH](C)C. The van der Waals surface area contributed by atoms with Gasteiger partial charge in [-0.25, -0.2) is 4.79 Å². The first-order chi connectivity index (χ1) is 4.91. The van der Waals surface area contributed by atoms with Crippen molar-refractivity contribution in [3.8, 4) is 0 Å². The van der Waals surface area contributed by atoms with Gasteiger partial charge in [-0.15, -0.1) is 0 Å². The van der Waals surface area contributed by atoms with Crippen molar-refractivity contribution in [2.24, 2.45) is 0 Å². The van der Waals surface area contributed by atoms with E-state index in [4.69, 9.17) is 0 Å². The molecule has 11 heavy (non-hydrogen) atoms. The lowest BCUT2D eigenvalue weighted by Crippen LogP contribution is -1.98. The van der Waals surface area contributed by atoms with E-state index < -0.39 is 0 Å². The summed E-state index contributed by atoms with van der Waals surface area (Å²) in [5.41, 5.74) is 0.433. The number of ether oxygens (including phenoxy) is 1. The molecule has 0 aromatic rings. The molecule has 0 unspecified atom stereocenters. The third-order valence-corrected chi connectivity index (χ3v) is 0.534. The molecule has 0 amide bonds. The van der Waals surface area contributed by atoms with E-state index in [0.29, 0.717) is 5.57 Å². The van der Waals surface area contributed by atoms with Gasteiger partial charge in [0.05, 0.1) is 7.11 Å². The summed E-state index contributed by atoms with van der Waals surface area (Å²) >= 11 is 0. The molecule has 0 atom stereocenters. The summed E-state index contributed by atoms with van der Waals surface area (Å²) in [6, 6.07) is 0. The standard InChI is InChI=1S/C5H8O2.C3H10Si/c1-4(2)5(6)7-3;1-4(2)3/h1H2,2-3H3;4H,1-3H3. The fourth-order valence-electron chi connectivity index (χ4n) is 0.174. The molecule has 0 radical (unpaired) electrons. The second kappa shape index (κ2) is 7.53. The van der Waals surface area contributed by atoms with E-state index in [-0.39, 0.29) is 14.8 Å². The minimum atomic E-state index is -0.347. The van der Waals surface area contributed by atoms with Crippen molar-refractivity contribution in [1.29, 1.82) is 0 Å². The smallest absolute Gasteiger partial charge is 0.332 e. The van der Waals surface area contributed by atoms with Crippen LogP contribution in [0.3, 0.4) is 0 Å². The summed E-state index contributed by atoms with van der Waals surface area (Å²) < 4.78 is 4.27. The van der Waals surface area contributed by atoms with Crippen molar-refractivity contribution in [2.75, 3.05) is 7.11 Å². The Hall–Kier alpha value is -0.573. The van der Waals surface area contributed by atoms with E-state index in [1.54, 1.807) is 6.92 Å². The molecule has 0 aromatic carbocycles. The van der Waals surface area contributed by atoms with Crippen molar-refractivity contribution in [3.05, 3.63) is 12.2 Å². The maximum Gasteiger partial charge on any atom is 0.332 e. The highest BCUT2D eigenvalue weighted by Gasteiger charge is 1.95.